The first-order chi connectivity index (χ1) is 10.7. The van der Waals surface area contributed by atoms with Gasteiger partial charge in [-0.2, -0.15) is 23.4 Å². The molecule has 6 nitrogen and oxygen atoms in total. The Labute approximate surface area is 131 Å². The van der Waals surface area contributed by atoms with Gasteiger partial charge in [0.25, 0.3) is 0 Å². The van der Waals surface area contributed by atoms with E-state index in [1.54, 1.807) is 4.68 Å². The van der Waals surface area contributed by atoms with Gasteiger partial charge in [0, 0.05) is 25.4 Å². The fourth-order valence-electron chi connectivity index (χ4n) is 2.34. The van der Waals surface area contributed by atoms with Crippen molar-refractivity contribution in [3.8, 4) is 0 Å². The van der Waals surface area contributed by atoms with Crippen LogP contribution in [-0.4, -0.2) is 31.6 Å². The number of nitrogens with one attached hydrogen (secondary N) is 1. The third-order valence-corrected chi connectivity index (χ3v) is 3.52. The average Bonchev–Trinajstić information content (AvgIpc) is 2.92. The van der Waals surface area contributed by atoms with Gasteiger partial charge in [-0.1, -0.05) is 0 Å². The Morgan fingerprint density at radius 3 is 2.61 bits per heavy atom. The first kappa shape index (κ1) is 17.0. The van der Waals surface area contributed by atoms with Gasteiger partial charge in [-0.15, -0.1) is 0 Å². The summed E-state index contributed by atoms with van der Waals surface area (Å²) >= 11 is 0. The summed E-state index contributed by atoms with van der Waals surface area (Å²) in [4.78, 5) is 11.9. The van der Waals surface area contributed by atoms with Crippen LogP contribution in [0.2, 0.25) is 0 Å². The molecule has 2 heterocycles. The molecule has 2 rings (SSSR count). The number of anilines is 1. The van der Waals surface area contributed by atoms with Gasteiger partial charge in [-0.25, -0.2) is 0 Å². The van der Waals surface area contributed by atoms with Crippen LogP contribution in [0.15, 0.2) is 12.4 Å². The highest BCUT2D eigenvalue weighted by molar-refractivity contribution is 5.90. The van der Waals surface area contributed by atoms with Gasteiger partial charge in [-0.05, 0) is 25.8 Å². The van der Waals surface area contributed by atoms with Gasteiger partial charge < -0.3 is 5.32 Å². The summed E-state index contributed by atoms with van der Waals surface area (Å²) in [5, 5.41) is 10.4. The molecule has 0 aliphatic heterocycles. The van der Waals surface area contributed by atoms with Crippen molar-refractivity contribution in [2.75, 3.05) is 5.32 Å². The highest BCUT2D eigenvalue weighted by Gasteiger charge is 2.28. The zero-order valence-electron chi connectivity index (χ0n) is 13.1. The molecular weight excluding hydrogens is 311 g/mol. The lowest BCUT2D eigenvalue weighted by Gasteiger charge is -2.05. The lowest BCUT2D eigenvalue weighted by molar-refractivity contribution is -0.142. The number of nitrogens with zero attached hydrogens (tertiary/aromatic N) is 4. The molecule has 0 unspecified atom stereocenters. The van der Waals surface area contributed by atoms with Crippen LogP contribution in [0.3, 0.4) is 0 Å². The maximum atomic E-state index is 12.2. The molecule has 0 fully saturated rings. The summed E-state index contributed by atoms with van der Waals surface area (Å²) in [6.07, 6.45) is -1.25. The van der Waals surface area contributed by atoms with Crippen LogP contribution in [-0.2, 0) is 24.8 Å². The van der Waals surface area contributed by atoms with Crippen molar-refractivity contribution in [3.63, 3.8) is 0 Å². The molecule has 1 N–H and O–H groups in total. The first-order valence-electron chi connectivity index (χ1n) is 7.04. The van der Waals surface area contributed by atoms with Gasteiger partial charge in [0.1, 0.15) is 6.54 Å². The number of alkyl halides is 3. The standard InChI is InChI=1S/C14H18F3N5O/c1-9-12(10(2)21(3)20-9)4-5-13(23)19-11-6-18-22(7-11)8-14(15,16)17/h6-7H,4-5,8H2,1-3H3,(H,19,23). The molecule has 0 aliphatic rings. The van der Waals surface area contributed by atoms with Crippen molar-refractivity contribution in [2.24, 2.45) is 7.05 Å². The fraction of sp³-hybridized carbons (Fsp3) is 0.500. The van der Waals surface area contributed by atoms with E-state index in [0.717, 1.165) is 27.8 Å². The van der Waals surface area contributed by atoms with E-state index in [-0.39, 0.29) is 18.0 Å². The number of halogens is 3. The number of amides is 1. The Morgan fingerprint density at radius 1 is 1.35 bits per heavy atom. The Bertz CT molecular complexity index is 702. The molecule has 0 spiro atoms. The van der Waals surface area contributed by atoms with Gasteiger partial charge in [0.2, 0.25) is 5.91 Å². The summed E-state index contributed by atoms with van der Waals surface area (Å²) in [5.74, 6) is -0.279. The summed E-state index contributed by atoms with van der Waals surface area (Å²) in [6, 6.07) is 0. The molecule has 23 heavy (non-hydrogen) atoms. The van der Waals surface area contributed by atoms with Crippen molar-refractivity contribution in [2.45, 2.75) is 39.4 Å². The maximum Gasteiger partial charge on any atom is 0.408 e. The second-order valence-electron chi connectivity index (χ2n) is 5.36. The predicted octanol–water partition coefficient (Wildman–Crippen LogP) is 2.37. The SMILES string of the molecule is Cc1nn(C)c(C)c1CCC(=O)Nc1cnn(CC(F)(F)F)c1. The van der Waals surface area contributed by atoms with E-state index < -0.39 is 12.7 Å². The van der Waals surface area contributed by atoms with E-state index in [1.807, 2.05) is 20.9 Å². The molecular formula is C14H18F3N5O. The van der Waals surface area contributed by atoms with E-state index >= 15 is 0 Å². The van der Waals surface area contributed by atoms with Gasteiger partial charge in [-0.3, -0.25) is 14.2 Å². The number of hydrogen-bond acceptors (Lipinski definition) is 3. The smallest absolute Gasteiger partial charge is 0.323 e. The summed E-state index contributed by atoms with van der Waals surface area (Å²) in [6.45, 7) is 2.62. The molecule has 0 radical (unpaired) electrons. The first-order valence-corrected chi connectivity index (χ1v) is 7.04. The minimum absolute atomic E-state index is 0.220. The van der Waals surface area contributed by atoms with Crippen molar-refractivity contribution >= 4 is 11.6 Å². The summed E-state index contributed by atoms with van der Waals surface area (Å²) in [7, 11) is 1.83. The number of aromatic nitrogens is 4. The number of hydrogen-bond donors (Lipinski definition) is 1. The van der Waals surface area contributed by atoms with Gasteiger partial charge >= 0.3 is 6.18 Å². The lowest BCUT2D eigenvalue weighted by atomic mass is 10.1. The van der Waals surface area contributed by atoms with Crippen molar-refractivity contribution in [1.82, 2.24) is 19.6 Å². The van der Waals surface area contributed by atoms with Crippen LogP contribution in [0.5, 0.6) is 0 Å². The number of aryl methyl sites for hydroxylation is 2. The maximum absolute atomic E-state index is 12.2. The van der Waals surface area contributed by atoms with E-state index in [2.05, 4.69) is 15.5 Å². The molecule has 0 aliphatic carbocycles. The Hall–Kier alpha value is -2.32. The number of carbonyl (C=O) groups excluding carboxylic acids is 1. The van der Waals surface area contributed by atoms with Crippen LogP contribution < -0.4 is 5.32 Å². The molecule has 1 amide bonds. The monoisotopic (exact) mass is 329 g/mol. The Kier molecular flexibility index (Phi) is 4.76. The second kappa shape index (κ2) is 6.43. The van der Waals surface area contributed by atoms with Gasteiger partial charge in [0.15, 0.2) is 0 Å². The molecule has 0 saturated carbocycles. The fourth-order valence-corrected chi connectivity index (χ4v) is 2.34. The molecule has 0 saturated heterocycles. The van der Waals surface area contributed by atoms with Crippen LogP contribution in [0.25, 0.3) is 0 Å². The highest BCUT2D eigenvalue weighted by atomic mass is 19.4. The zero-order chi connectivity index (χ0) is 17.2. The van der Waals surface area contributed by atoms with E-state index in [9.17, 15) is 18.0 Å². The normalized spacial score (nSPS) is 11.7. The molecule has 0 atom stereocenters. The largest absolute Gasteiger partial charge is 0.408 e. The quantitative estimate of drug-likeness (QED) is 0.916. The topological polar surface area (TPSA) is 64.7 Å². The Morgan fingerprint density at radius 2 is 2.04 bits per heavy atom. The van der Waals surface area contributed by atoms with E-state index in [0.29, 0.717) is 6.42 Å². The lowest BCUT2D eigenvalue weighted by Crippen LogP contribution is -2.18. The van der Waals surface area contributed by atoms with E-state index in [1.165, 1.54) is 6.20 Å². The van der Waals surface area contributed by atoms with Crippen LogP contribution in [0.1, 0.15) is 23.4 Å². The second-order valence-corrected chi connectivity index (χ2v) is 5.36. The van der Waals surface area contributed by atoms with Crippen LogP contribution in [0, 0.1) is 13.8 Å². The Balaban J connectivity index is 1.90. The molecule has 2 aromatic rings. The molecule has 0 bridgehead atoms. The predicted molar refractivity (Wildman–Crippen MR) is 77.9 cm³/mol. The number of rotatable bonds is 5. The molecule has 126 valence electrons. The van der Waals surface area contributed by atoms with Crippen molar-refractivity contribution in [3.05, 3.63) is 29.3 Å². The minimum atomic E-state index is -4.34. The highest BCUT2D eigenvalue weighted by Crippen LogP contribution is 2.18. The third kappa shape index (κ3) is 4.57. The average molecular weight is 329 g/mol. The molecule has 9 heteroatoms. The summed E-state index contributed by atoms with van der Waals surface area (Å²) < 4.78 is 39.2. The van der Waals surface area contributed by atoms with Crippen molar-refractivity contribution in [1.29, 1.82) is 0 Å². The molecule has 2 aromatic heterocycles. The number of carbonyl (C=O) groups is 1. The van der Waals surface area contributed by atoms with Crippen LogP contribution >= 0.6 is 0 Å². The minimum Gasteiger partial charge on any atom is -0.323 e. The van der Waals surface area contributed by atoms with E-state index in [4.69, 9.17) is 0 Å². The van der Waals surface area contributed by atoms with Crippen molar-refractivity contribution < 1.29 is 18.0 Å². The van der Waals surface area contributed by atoms with Gasteiger partial charge in [0.05, 0.1) is 17.6 Å². The zero-order valence-corrected chi connectivity index (χ0v) is 13.1. The van der Waals surface area contributed by atoms with Crippen LogP contribution in [0.4, 0.5) is 18.9 Å². The molecule has 0 aromatic carbocycles. The summed E-state index contributed by atoms with van der Waals surface area (Å²) in [5.41, 5.74) is 3.12. The third-order valence-electron chi connectivity index (χ3n) is 3.52.